The molecule has 1 heterocycles. The number of amides is 1. The number of nitrogens with one attached hydrogen (secondary N) is 2. The van der Waals surface area contributed by atoms with Gasteiger partial charge in [-0.25, -0.2) is 0 Å². The minimum absolute atomic E-state index is 0.0949. The second kappa shape index (κ2) is 8.29. The number of nitrogens with zero attached hydrogens (tertiary/aromatic N) is 1. The van der Waals surface area contributed by atoms with E-state index in [-0.39, 0.29) is 17.7 Å². The number of anilines is 1. The van der Waals surface area contributed by atoms with Gasteiger partial charge in [-0.15, -0.1) is 0 Å². The SMILES string of the molecule is CC(=O)c1ccc(N2CC[NH+](CC(=O)N[C@H](C)C(C)C)CC2)cc1. The smallest absolute Gasteiger partial charge is 0.275 e. The summed E-state index contributed by atoms with van der Waals surface area (Å²) in [7, 11) is 0. The Bertz CT molecular complexity index is 560. The Morgan fingerprint density at radius 2 is 1.71 bits per heavy atom. The number of benzene rings is 1. The van der Waals surface area contributed by atoms with Crippen LogP contribution in [0.4, 0.5) is 5.69 Å². The van der Waals surface area contributed by atoms with Crippen LogP contribution in [0.3, 0.4) is 0 Å². The number of hydrogen-bond donors (Lipinski definition) is 2. The van der Waals surface area contributed by atoms with E-state index < -0.39 is 0 Å². The lowest BCUT2D eigenvalue weighted by molar-refractivity contribution is -0.892. The van der Waals surface area contributed by atoms with Crippen LogP contribution in [0.2, 0.25) is 0 Å². The molecule has 0 unspecified atom stereocenters. The van der Waals surface area contributed by atoms with Crippen molar-refractivity contribution in [1.29, 1.82) is 0 Å². The van der Waals surface area contributed by atoms with E-state index in [1.807, 2.05) is 24.3 Å². The lowest BCUT2D eigenvalue weighted by Gasteiger charge is -2.33. The molecule has 1 saturated heterocycles. The van der Waals surface area contributed by atoms with Crippen LogP contribution in [0.25, 0.3) is 0 Å². The highest BCUT2D eigenvalue weighted by Gasteiger charge is 2.23. The molecule has 2 N–H and O–H groups in total. The predicted molar refractivity (Wildman–Crippen MR) is 96.7 cm³/mol. The Morgan fingerprint density at radius 1 is 1.12 bits per heavy atom. The van der Waals surface area contributed by atoms with Gasteiger partial charge in [0, 0.05) is 17.3 Å². The van der Waals surface area contributed by atoms with E-state index in [4.69, 9.17) is 0 Å². The number of carbonyl (C=O) groups excluding carboxylic acids is 2. The second-order valence-corrected chi connectivity index (χ2v) is 7.12. The molecule has 5 heteroatoms. The zero-order chi connectivity index (χ0) is 17.7. The molecule has 1 aliphatic heterocycles. The number of rotatable bonds is 6. The molecule has 1 amide bonds. The zero-order valence-electron chi connectivity index (χ0n) is 15.3. The Morgan fingerprint density at radius 3 is 2.21 bits per heavy atom. The molecule has 0 aliphatic carbocycles. The second-order valence-electron chi connectivity index (χ2n) is 7.12. The molecule has 0 spiro atoms. The molecule has 1 aliphatic rings. The fraction of sp³-hybridized carbons (Fsp3) is 0.579. The van der Waals surface area contributed by atoms with Crippen LogP contribution in [0.15, 0.2) is 24.3 Å². The van der Waals surface area contributed by atoms with E-state index in [1.54, 1.807) is 6.92 Å². The summed E-state index contributed by atoms with van der Waals surface area (Å²) in [5.41, 5.74) is 1.90. The van der Waals surface area contributed by atoms with E-state index in [2.05, 4.69) is 31.0 Å². The van der Waals surface area contributed by atoms with E-state index in [9.17, 15) is 9.59 Å². The van der Waals surface area contributed by atoms with Gasteiger partial charge in [-0.2, -0.15) is 0 Å². The molecule has 0 saturated carbocycles. The predicted octanol–water partition coefficient (Wildman–Crippen LogP) is 0.755. The number of Topliss-reactive ketones (excluding diaryl/α,β-unsaturated/α-hetero) is 1. The van der Waals surface area contributed by atoms with Gasteiger partial charge in [-0.3, -0.25) is 9.59 Å². The van der Waals surface area contributed by atoms with Crippen molar-refractivity contribution in [1.82, 2.24) is 5.32 Å². The average molecular weight is 332 g/mol. The highest BCUT2D eigenvalue weighted by molar-refractivity contribution is 5.94. The summed E-state index contributed by atoms with van der Waals surface area (Å²) in [4.78, 5) is 27.1. The third kappa shape index (κ3) is 5.06. The number of hydrogen-bond acceptors (Lipinski definition) is 3. The van der Waals surface area contributed by atoms with E-state index in [0.29, 0.717) is 12.5 Å². The molecular formula is C19H30N3O2+. The molecule has 1 fully saturated rings. The maximum Gasteiger partial charge on any atom is 0.275 e. The molecule has 1 aromatic carbocycles. The molecule has 24 heavy (non-hydrogen) atoms. The quantitative estimate of drug-likeness (QED) is 0.756. The summed E-state index contributed by atoms with van der Waals surface area (Å²) in [6.45, 7) is 12.2. The number of carbonyl (C=O) groups is 2. The van der Waals surface area contributed by atoms with Crippen molar-refractivity contribution in [3.05, 3.63) is 29.8 Å². The first kappa shape index (κ1) is 18.5. The van der Waals surface area contributed by atoms with Gasteiger partial charge in [0.15, 0.2) is 12.3 Å². The largest absolute Gasteiger partial charge is 0.360 e. The molecule has 0 aromatic heterocycles. The van der Waals surface area contributed by atoms with Crippen molar-refractivity contribution < 1.29 is 14.5 Å². The zero-order valence-corrected chi connectivity index (χ0v) is 15.3. The van der Waals surface area contributed by atoms with Gasteiger partial charge in [0.2, 0.25) is 0 Å². The minimum Gasteiger partial charge on any atom is -0.360 e. The maximum absolute atomic E-state index is 12.1. The highest BCUT2D eigenvalue weighted by atomic mass is 16.2. The minimum atomic E-state index is 0.0949. The molecule has 1 atom stereocenters. The van der Waals surface area contributed by atoms with E-state index >= 15 is 0 Å². The Balaban J connectivity index is 1.80. The first-order valence-electron chi connectivity index (χ1n) is 8.85. The molecule has 2 rings (SSSR count). The van der Waals surface area contributed by atoms with Crippen LogP contribution >= 0.6 is 0 Å². The summed E-state index contributed by atoms with van der Waals surface area (Å²) in [6, 6.07) is 8.02. The van der Waals surface area contributed by atoms with Crippen molar-refractivity contribution in [3.63, 3.8) is 0 Å². The third-order valence-corrected chi connectivity index (χ3v) is 4.91. The third-order valence-electron chi connectivity index (χ3n) is 4.91. The maximum atomic E-state index is 12.1. The van der Waals surface area contributed by atoms with Crippen LogP contribution in [0.1, 0.15) is 38.1 Å². The van der Waals surface area contributed by atoms with Crippen molar-refractivity contribution in [3.8, 4) is 0 Å². The van der Waals surface area contributed by atoms with Gasteiger partial charge in [-0.05, 0) is 44.0 Å². The molecule has 0 bridgehead atoms. The average Bonchev–Trinajstić information content (AvgIpc) is 2.55. The first-order valence-corrected chi connectivity index (χ1v) is 8.85. The number of piperazine rings is 1. The normalized spacial score (nSPS) is 17.0. The van der Waals surface area contributed by atoms with Crippen LogP contribution in [0, 0.1) is 5.92 Å². The molecule has 5 nitrogen and oxygen atoms in total. The monoisotopic (exact) mass is 332 g/mol. The lowest BCUT2D eigenvalue weighted by atomic mass is 10.1. The molecule has 1 aromatic rings. The van der Waals surface area contributed by atoms with E-state index in [1.165, 1.54) is 4.90 Å². The van der Waals surface area contributed by atoms with Gasteiger partial charge in [0.05, 0.1) is 26.2 Å². The molecule has 132 valence electrons. The summed E-state index contributed by atoms with van der Waals surface area (Å²) in [5, 5.41) is 3.08. The van der Waals surface area contributed by atoms with Crippen LogP contribution in [-0.2, 0) is 4.79 Å². The van der Waals surface area contributed by atoms with Gasteiger partial charge < -0.3 is 15.1 Å². The Kier molecular flexibility index (Phi) is 6.37. The fourth-order valence-corrected chi connectivity index (χ4v) is 2.86. The van der Waals surface area contributed by atoms with Crippen molar-refractivity contribution in [2.45, 2.75) is 33.7 Å². The number of ketones is 1. The van der Waals surface area contributed by atoms with Crippen LogP contribution < -0.4 is 15.1 Å². The van der Waals surface area contributed by atoms with Gasteiger partial charge in [0.25, 0.3) is 5.91 Å². The standard InChI is InChI=1S/C19H29N3O2/c1-14(2)15(3)20-19(24)13-21-9-11-22(12-10-21)18-7-5-17(6-8-18)16(4)23/h5-8,14-15H,9-13H2,1-4H3,(H,20,24)/p+1/t15-/m1/s1. The van der Waals surface area contributed by atoms with Gasteiger partial charge in [-0.1, -0.05) is 13.8 Å². The van der Waals surface area contributed by atoms with E-state index in [0.717, 1.165) is 37.4 Å². The lowest BCUT2D eigenvalue weighted by Crippen LogP contribution is -3.16. The summed E-state index contributed by atoms with van der Waals surface area (Å²) < 4.78 is 0. The van der Waals surface area contributed by atoms with Gasteiger partial charge >= 0.3 is 0 Å². The summed E-state index contributed by atoms with van der Waals surface area (Å²) in [5.74, 6) is 0.696. The van der Waals surface area contributed by atoms with Crippen LogP contribution in [-0.4, -0.2) is 50.5 Å². The Labute approximate surface area is 145 Å². The van der Waals surface area contributed by atoms with Crippen LogP contribution in [0.5, 0.6) is 0 Å². The summed E-state index contributed by atoms with van der Waals surface area (Å²) in [6.07, 6.45) is 0. The molecule has 0 radical (unpaired) electrons. The molecular weight excluding hydrogens is 302 g/mol. The number of quaternary nitrogens is 1. The Hall–Kier alpha value is -1.88. The van der Waals surface area contributed by atoms with Crippen molar-refractivity contribution >= 4 is 17.4 Å². The highest BCUT2D eigenvalue weighted by Crippen LogP contribution is 2.15. The van der Waals surface area contributed by atoms with Crippen molar-refractivity contribution in [2.24, 2.45) is 5.92 Å². The first-order chi connectivity index (χ1) is 11.4. The summed E-state index contributed by atoms with van der Waals surface area (Å²) >= 11 is 0. The van der Waals surface area contributed by atoms with Crippen molar-refractivity contribution in [2.75, 3.05) is 37.6 Å². The topological polar surface area (TPSA) is 53.9 Å². The van der Waals surface area contributed by atoms with Gasteiger partial charge in [0.1, 0.15) is 0 Å². The fourth-order valence-electron chi connectivity index (χ4n) is 2.86.